The number of phenols is 1. The third-order valence-electron chi connectivity index (χ3n) is 5.81. The zero-order chi connectivity index (χ0) is 19.8. The normalized spacial score (nSPS) is 29.4. The number of imide groups is 2. The Hall–Kier alpha value is -3.23. The lowest BCUT2D eigenvalue weighted by atomic mass is 9.92. The van der Waals surface area contributed by atoms with Crippen molar-refractivity contribution in [1.82, 2.24) is 15.6 Å². The largest absolute Gasteiger partial charge is 0.507 e. The number of benzene rings is 1. The van der Waals surface area contributed by atoms with Crippen LogP contribution in [0.4, 0.5) is 4.79 Å². The van der Waals surface area contributed by atoms with Gasteiger partial charge in [0.05, 0.1) is 5.56 Å². The molecule has 9 heteroatoms. The highest BCUT2D eigenvalue weighted by molar-refractivity contribution is 6.23. The van der Waals surface area contributed by atoms with Crippen LogP contribution in [-0.4, -0.2) is 46.0 Å². The van der Waals surface area contributed by atoms with Gasteiger partial charge in [-0.05, 0) is 43.2 Å². The van der Waals surface area contributed by atoms with Gasteiger partial charge in [0.1, 0.15) is 5.75 Å². The third kappa shape index (κ3) is 3.12. The van der Waals surface area contributed by atoms with Crippen LogP contribution in [0.2, 0.25) is 0 Å². The number of hydrogen-bond donors (Lipinski definition) is 3. The van der Waals surface area contributed by atoms with E-state index in [0.717, 1.165) is 36.8 Å². The lowest BCUT2D eigenvalue weighted by Crippen LogP contribution is -2.62. The first-order valence-electron chi connectivity index (χ1n) is 9.25. The first kappa shape index (κ1) is 18.1. The van der Waals surface area contributed by atoms with Crippen LogP contribution in [0.5, 0.6) is 5.75 Å². The molecule has 0 unspecified atom stereocenters. The Morgan fingerprint density at radius 2 is 2.00 bits per heavy atom. The fourth-order valence-electron chi connectivity index (χ4n) is 4.47. The van der Waals surface area contributed by atoms with E-state index in [1.807, 2.05) is 0 Å². The molecule has 1 heterocycles. The fraction of sp³-hybridized carbons (Fsp3) is 0.421. The molecule has 5 amide bonds. The number of barbiturate groups is 1. The zero-order valence-corrected chi connectivity index (χ0v) is 15.0. The van der Waals surface area contributed by atoms with Gasteiger partial charge >= 0.3 is 6.03 Å². The van der Waals surface area contributed by atoms with Crippen molar-refractivity contribution >= 4 is 30.0 Å². The van der Waals surface area contributed by atoms with Gasteiger partial charge in [-0.25, -0.2) is 10.2 Å². The zero-order valence-electron chi connectivity index (χ0n) is 15.0. The van der Waals surface area contributed by atoms with E-state index in [0.29, 0.717) is 5.92 Å². The second-order valence-corrected chi connectivity index (χ2v) is 7.46. The molecule has 2 bridgehead atoms. The van der Waals surface area contributed by atoms with Crippen molar-refractivity contribution in [3.63, 3.8) is 0 Å². The van der Waals surface area contributed by atoms with Crippen molar-refractivity contribution in [3.8, 4) is 5.75 Å². The highest BCUT2D eigenvalue weighted by Gasteiger charge is 2.50. The average molecular weight is 384 g/mol. The Bertz CT molecular complexity index is 883. The minimum Gasteiger partial charge on any atom is -0.507 e. The van der Waals surface area contributed by atoms with Gasteiger partial charge < -0.3 is 5.11 Å². The Labute approximate surface area is 160 Å². The van der Waals surface area contributed by atoms with Gasteiger partial charge in [0, 0.05) is 12.3 Å². The number of phenolic OH excluding ortho intramolecular Hbond substituents is 1. The number of fused-ring (bicyclic) bond motifs is 2. The molecule has 3 fully saturated rings. The van der Waals surface area contributed by atoms with Crippen LogP contribution in [0, 0.1) is 17.8 Å². The monoisotopic (exact) mass is 384 g/mol. The summed E-state index contributed by atoms with van der Waals surface area (Å²) in [5.74, 6) is -2.76. The van der Waals surface area contributed by atoms with Crippen LogP contribution < -0.4 is 10.7 Å². The molecule has 3 N–H and O–H groups in total. The molecule has 0 spiro atoms. The third-order valence-corrected chi connectivity index (χ3v) is 5.81. The number of carbonyl (C=O) groups is 4. The van der Waals surface area contributed by atoms with Crippen molar-refractivity contribution in [2.45, 2.75) is 31.7 Å². The first-order chi connectivity index (χ1) is 13.5. The molecule has 4 rings (SSSR count). The second kappa shape index (κ2) is 7.06. The summed E-state index contributed by atoms with van der Waals surface area (Å²) in [5.41, 5.74) is 2.20. The summed E-state index contributed by atoms with van der Waals surface area (Å²) in [4.78, 5) is 50.4. The second-order valence-electron chi connectivity index (χ2n) is 7.46. The van der Waals surface area contributed by atoms with Crippen molar-refractivity contribution in [3.05, 3.63) is 29.8 Å². The number of aromatic hydroxyl groups is 1. The summed E-state index contributed by atoms with van der Waals surface area (Å²) < 4.78 is 0. The molecule has 0 aromatic heterocycles. The molecular weight excluding hydrogens is 364 g/mol. The summed E-state index contributed by atoms with van der Waals surface area (Å²) in [6.07, 6.45) is 4.89. The summed E-state index contributed by atoms with van der Waals surface area (Å²) in [5, 5.41) is 15.6. The molecule has 1 saturated heterocycles. The number of carbonyl (C=O) groups excluding carboxylic acids is 4. The Balaban J connectivity index is 1.46. The topological polar surface area (TPSA) is 128 Å². The van der Waals surface area contributed by atoms with Gasteiger partial charge in [-0.3, -0.25) is 24.6 Å². The average Bonchev–Trinajstić information content (AvgIpc) is 3.28. The van der Waals surface area contributed by atoms with Crippen LogP contribution >= 0.6 is 0 Å². The maximum Gasteiger partial charge on any atom is 0.331 e. The van der Waals surface area contributed by atoms with Crippen molar-refractivity contribution in [2.24, 2.45) is 22.9 Å². The lowest BCUT2D eigenvalue weighted by molar-refractivity contribution is -0.141. The van der Waals surface area contributed by atoms with Gasteiger partial charge in [-0.2, -0.15) is 5.10 Å². The molecule has 9 nitrogen and oxygen atoms in total. The molecule has 1 aromatic carbocycles. The Kier molecular flexibility index (Phi) is 4.58. The minimum absolute atomic E-state index is 0.0119. The smallest absolute Gasteiger partial charge is 0.331 e. The molecule has 0 radical (unpaired) electrons. The lowest BCUT2D eigenvalue weighted by Gasteiger charge is -2.36. The van der Waals surface area contributed by atoms with Crippen LogP contribution in [-0.2, 0) is 9.59 Å². The van der Waals surface area contributed by atoms with E-state index in [-0.39, 0.29) is 23.3 Å². The Morgan fingerprint density at radius 1 is 1.21 bits per heavy atom. The van der Waals surface area contributed by atoms with Crippen LogP contribution in [0.25, 0.3) is 0 Å². The summed E-state index contributed by atoms with van der Waals surface area (Å²) in [7, 11) is 0. The Morgan fingerprint density at radius 3 is 2.68 bits per heavy atom. The number of hydrazone groups is 1. The molecule has 146 valence electrons. The quantitative estimate of drug-likeness (QED) is 0.405. The molecule has 2 saturated carbocycles. The summed E-state index contributed by atoms with van der Waals surface area (Å²) in [6.45, 7) is 0. The molecule has 1 aliphatic heterocycles. The highest BCUT2D eigenvalue weighted by atomic mass is 16.3. The molecule has 3 aliphatic rings. The van der Waals surface area contributed by atoms with Crippen molar-refractivity contribution in [2.75, 3.05) is 0 Å². The van der Waals surface area contributed by atoms with Crippen LogP contribution in [0.3, 0.4) is 0 Å². The SMILES string of the molecule is O=C(N/N=C\[C@H]1C(=O)NC(=O)N([C@H]2C[C@H]3CC[C@H]2C3)C1=O)c1ccccc1O. The van der Waals surface area contributed by atoms with Gasteiger partial charge in [0.2, 0.25) is 11.8 Å². The fourth-order valence-corrected chi connectivity index (χ4v) is 4.47. The number of hydrogen-bond acceptors (Lipinski definition) is 6. The van der Waals surface area contributed by atoms with E-state index >= 15 is 0 Å². The summed E-state index contributed by atoms with van der Waals surface area (Å²) in [6, 6.07) is 5.04. The predicted molar refractivity (Wildman–Crippen MR) is 97.2 cm³/mol. The maximum absolute atomic E-state index is 12.8. The van der Waals surface area contributed by atoms with Crippen LogP contribution in [0.15, 0.2) is 29.4 Å². The first-order valence-corrected chi connectivity index (χ1v) is 9.25. The number of rotatable bonds is 4. The molecule has 1 aromatic rings. The predicted octanol–water partition coefficient (Wildman–Crippen LogP) is 0.991. The van der Waals surface area contributed by atoms with E-state index in [1.165, 1.54) is 12.1 Å². The standard InChI is InChI=1S/C19H20N4O5/c24-15-4-2-1-3-12(15)17(26)22-20-9-13-16(25)21-19(28)23(18(13)27)14-8-10-5-6-11(14)7-10/h1-4,9-11,13-14,24H,5-8H2,(H,22,26)(H,21,25,28)/b20-9-/t10-,11-,13-,14-/m0/s1. The van der Waals surface area contributed by atoms with E-state index < -0.39 is 29.7 Å². The number of urea groups is 1. The molecule has 28 heavy (non-hydrogen) atoms. The highest BCUT2D eigenvalue weighted by Crippen LogP contribution is 2.47. The molecule has 2 aliphatic carbocycles. The van der Waals surface area contributed by atoms with Crippen molar-refractivity contribution < 1.29 is 24.3 Å². The molecule has 4 atom stereocenters. The van der Waals surface area contributed by atoms with Crippen LogP contribution in [0.1, 0.15) is 36.0 Å². The van der Waals surface area contributed by atoms with Gasteiger partial charge in [0.25, 0.3) is 5.91 Å². The number of para-hydroxylation sites is 1. The molecular formula is C19H20N4O5. The number of nitrogens with zero attached hydrogens (tertiary/aromatic N) is 2. The maximum atomic E-state index is 12.8. The summed E-state index contributed by atoms with van der Waals surface area (Å²) >= 11 is 0. The van der Waals surface area contributed by atoms with Crippen molar-refractivity contribution in [1.29, 1.82) is 0 Å². The number of amides is 5. The van der Waals surface area contributed by atoms with Gasteiger partial charge in [0.15, 0.2) is 5.92 Å². The van der Waals surface area contributed by atoms with Gasteiger partial charge in [-0.15, -0.1) is 0 Å². The minimum atomic E-state index is -1.29. The van der Waals surface area contributed by atoms with E-state index in [9.17, 15) is 24.3 Å². The number of nitrogens with one attached hydrogen (secondary N) is 2. The van der Waals surface area contributed by atoms with E-state index in [2.05, 4.69) is 15.8 Å². The van der Waals surface area contributed by atoms with Gasteiger partial charge in [-0.1, -0.05) is 18.6 Å². The van der Waals surface area contributed by atoms with E-state index in [1.54, 1.807) is 12.1 Å². The van der Waals surface area contributed by atoms with E-state index in [4.69, 9.17) is 0 Å².